The van der Waals surface area contributed by atoms with E-state index in [1.54, 1.807) is 6.08 Å². The fraction of sp³-hybridized carbons (Fsp3) is 0.769. The quantitative estimate of drug-likeness (QED) is 0.527. The molecular formula is C13H25N3O. The van der Waals surface area contributed by atoms with E-state index in [4.69, 9.17) is 0 Å². The van der Waals surface area contributed by atoms with Crippen molar-refractivity contribution in [3.63, 3.8) is 0 Å². The van der Waals surface area contributed by atoms with E-state index in [-0.39, 0.29) is 11.3 Å². The number of likely N-dealkylation sites (tertiary alicyclic amines) is 1. The van der Waals surface area contributed by atoms with E-state index in [0.717, 1.165) is 32.5 Å². The Labute approximate surface area is 104 Å². The molecule has 0 aromatic carbocycles. The highest BCUT2D eigenvalue weighted by atomic mass is 16.1. The van der Waals surface area contributed by atoms with E-state index >= 15 is 0 Å². The first-order valence-corrected chi connectivity index (χ1v) is 6.33. The maximum absolute atomic E-state index is 11.5. The molecule has 2 N–H and O–H groups in total. The predicted octanol–water partition coefficient (Wildman–Crippen LogP) is 0.610. The molecule has 0 unspecified atom stereocenters. The van der Waals surface area contributed by atoms with Crippen LogP contribution in [-0.4, -0.2) is 50.6 Å². The number of rotatable bonds is 6. The van der Waals surface area contributed by atoms with Gasteiger partial charge in [0.2, 0.25) is 5.91 Å². The first-order valence-electron chi connectivity index (χ1n) is 6.33. The molecule has 1 aliphatic heterocycles. The third-order valence-electron chi connectivity index (χ3n) is 3.48. The van der Waals surface area contributed by atoms with Crippen molar-refractivity contribution in [2.45, 2.75) is 19.8 Å². The summed E-state index contributed by atoms with van der Waals surface area (Å²) < 4.78 is 0. The third-order valence-corrected chi connectivity index (χ3v) is 3.48. The molecule has 1 amide bonds. The number of carbonyl (C=O) groups excluding carboxylic acids is 1. The largest absolute Gasteiger partial charge is 0.354 e. The highest BCUT2D eigenvalue weighted by Gasteiger charge is 2.28. The van der Waals surface area contributed by atoms with E-state index < -0.39 is 0 Å². The van der Waals surface area contributed by atoms with E-state index in [9.17, 15) is 4.79 Å². The third kappa shape index (κ3) is 5.33. The fourth-order valence-corrected chi connectivity index (χ4v) is 2.00. The second-order valence-electron chi connectivity index (χ2n) is 5.31. The average molecular weight is 239 g/mol. The summed E-state index contributed by atoms with van der Waals surface area (Å²) in [5.74, 6) is 0.0759. The van der Waals surface area contributed by atoms with Crippen LogP contribution >= 0.6 is 0 Å². The molecular weight excluding hydrogens is 214 g/mol. The molecule has 98 valence electrons. The number of nitrogens with zero attached hydrogens (tertiary/aromatic N) is 1. The maximum atomic E-state index is 11.5. The van der Waals surface area contributed by atoms with E-state index in [0.29, 0.717) is 13.1 Å². The molecule has 0 aliphatic carbocycles. The molecule has 1 saturated heterocycles. The standard InChI is InChI=1S/C13H25N3O/c1-4-7-14-10-12(17)15-11-13(2)5-8-16(3)9-6-13/h4,14H,1,5-11H2,2-3H3,(H,15,17). The zero-order valence-electron chi connectivity index (χ0n) is 11.1. The van der Waals surface area contributed by atoms with Gasteiger partial charge in [-0.2, -0.15) is 0 Å². The van der Waals surface area contributed by atoms with Gasteiger partial charge in [-0.3, -0.25) is 4.79 Å². The van der Waals surface area contributed by atoms with Crippen LogP contribution in [0.15, 0.2) is 12.7 Å². The summed E-state index contributed by atoms with van der Waals surface area (Å²) >= 11 is 0. The Morgan fingerprint density at radius 1 is 1.47 bits per heavy atom. The number of hydrogen-bond donors (Lipinski definition) is 2. The van der Waals surface area contributed by atoms with Gasteiger partial charge in [0.1, 0.15) is 0 Å². The Hall–Kier alpha value is -0.870. The van der Waals surface area contributed by atoms with Crippen molar-refractivity contribution in [3.8, 4) is 0 Å². The van der Waals surface area contributed by atoms with Gasteiger partial charge >= 0.3 is 0 Å². The van der Waals surface area contributed by atoms with Crippen molar-refractivity contribution in [2.75, 3.05) is 39.8 Å². The highest BCUT2D eigenvalue weighted by Crippen LogP contribution is 2.29. The van der Waals surface area contributed by atoms with Crippen molar-refractivity contribution in [2.24, 2.45) is 5.41 Å². The summed E-state index contributed by atoms with van der Waals surface area (Å²) in [6, 6.07) is 0. The van der Waals surface area contributed by atoms with Gasteiger partial charge in [-0.15, -0.1) is 6.58 Å². The van der Waals surface area contributed by atoms with Crippen molar-refractivity contribution >= 4 is 5.91 Å². The van der Waals surface area contributed by atoms with Gasteiger partial charge < -0.3 is 15.5 Å². The monoisotopic (exact) mass is 239 g/mol. The first kappa shape index (κ1) is 14.2. The topological polar surface area (TPSA) is 44.4 Å². The highest BCUT2D eigenvalue weighted by molar-refractivity contribution is 5.78. The van der Waals surface area contributed by atoms with Gasteiger partial charge in [0.15, 0.2) is 0 Å². The molecule has 0 radical (unpaired) electrons. The number of piperidine rings is 1. The van der Waals surface area contributed by atoms with Crippen LogP contribution in [0.1, 0.15) is 19.8 Å². The molecule has 17 heavy (non-hydrogen) atoms. The van der Waals surface area contributed by atoms with Crippen LogP contribution in [0.25, 0.3) is 0 Å². The molecule has 0 saturated carbocycles. The van der Waals surface area contributed by atoms with Gasteiger partial charge in [-0.25, -0.2) is 0 Å². The van der Waals surface area contributed by atoms with Crippen LogP contribution in [0, 0.1) is 5.41 Å². The molecule has 0 aromatic heterocycles. The Balaban J connectivity index is 2.20. The molecule has 0 aromatic rings. The average Bonchev–Trinajstić information content (AvgIpc) is 2.32. The van der Waals surface area contributed by atoms with Gasteiger partial charge in [0.25, 0.3) is 0 Å². The minimum absolute atomic E-state index is 0.0759. The minimum Gasteiger partial charge on any atom is -0.354 e. The summed E-state index contributed by atoms with van der Waals surface area (Å²) in [6.07, 6.45) is 4.07. The molecule has 4 heteroatoms. The first-order chi connectivity index (χ1) is 8.06. The fourth-order valence-electron chi connectivity index (χ4n) is 2.00. The van der Waals surface area contributed by atoms with Crippen LogP contribution in [0.4, 0.5) is 0 Å². The summed E-state index contributed by atoms with van der Waals surface area (Å²) in [5.41, 5.74) is 0.264. The lowest BCUT2D eigenvalue weighted by atomic mass is 9.80. The normalized spacial score (nSPS) is 19.9. The predicted molar refractivity (Wildman–Crippen MR) is 70.9 cm³/mol. The lowest BCUT2D eigenvalue weighted by Gasteiger charge is -2.37. The Bertz CT molecular complexity index is 257. The smallest absolute Gasteiger partial charge is 0.233 e. The Kier molecular flexibility index (Phi) is 5.65. The van der Waals surface area contributed by atoms with Crippen LogP contribution in [0.5, 0.6) is 0 Å². The molecule has 1 fully saturated rings. The summed E-state index contributed by atoms with van der Waals surface area (Å²) in [6.45, 7) is 9.95. The minimum atomic E-state index is 0.0759. The molecule has 0 bridgehead atoms. The summed E-state index contributed by atoms with van der Waals surface area (Å²) in [4.78, 5) is 13.9. The van der Waals surface area contributed by atoms with Crippen molar-refractivity contribution in [1.82, 2.24) is 15.5 Å². The summed E-state index contributed by atoms with van der Waals surface area (Å²) in [7, 11) is 2.15. The number of nitrogens with one attached hydrogen (secondary N) is 2. The second-order valence-corrected chi connectivity index (χ2v) is 5.31. The zero-order chi connectivity index (χ0) is 12.7. The molecule has 1 aliphatic rings. The van der Waals surface area contributed by atoms with Gasteiger partial charge in [0, 0.05) is 13.1 Å². The molecule has 0 spiro atoms. The molecule has 4 nitrogen and oxygen atoms in total. The van der Waals surface area contributed by atoms with Crippen molar-refractivity contribution in [1.29, 1.82) is 0 Å². The van der Waals surface area contributed by atoms with E-state index in [2.05, 4.69) is 36.1 Å². The lowest BCUT2D eigenvalue weighted by Crippen LogP contribution is -2.45. The van der Waals surface area contributed by atoms with Crippen molar-refractivity contribution in [3.05, 3.63) is 12.7 Å². The summed E-state index contributed by atoms with van der Waals surface area (Å²) in [5, 5.41) is 6.02. The number of hydrogen-bond acceptors (Lipinski definition) is 3. The van der Waals surface area contributed by atoms with Gasteiger partial charge in [0.05, 0.1) is 6.54 Å². The molecule has 1 rings (SSSR count). The van der Waals surface area contributed by atoms with Crippen LogP contribution in [0.2, 0.25) is 0 Å². The lowest BCUT2D eigenvalue weighted by molar-refractivity contribution is -0.120. The second kappa shape index (κ2) is 6.77. The van der Waals surface area contributed by atoms with Gasteiger partial charge in [-0.1, -0.05) is 13.0 Å². The van der Waals surface area contributed by atoms with Crippen molar-refractivity contribution < 1.29 is 4.79 Å². The van der Waals surface area contributed by atoms with Crippen LogP contribution in [0.3, 0.4) is 0 Å². The number of amides is 1. The Morgan fingerprint density at radius 3 is 2.71 bits per heavy atom. The van der Waals surface area contributed by atoms with E-state index in [1.807, 2.05) is 0 Å². The zero-order valence-corrected chi connectivity index (χ0v) is 11.1. The van der Waals surface area contributed by atoms with Crippen LogP contribution in [-0.2, 0) is 4.79 Å². The number of carbonyl (C=O) groups is 1. The van der Waals surface area contributed by atoms with Gasteiger partial charge in [-0.05, 0) is 38.4 Å². The molecule has 1 heterocycles. The van der Waals surface area contributed by atoms with Crippen LogP contribution < -0.4 is 10.6 Å². The SMILES string of the molecule is C=CCNCC(=O)NCC1(C)CCN(C)CC1. The van der Waals surface area contributed by atoms with E-state index in [1.165, 1.54) is 0 Å². The maximum Gasteiger partial charge on any atom is 0.233 e. The molecule has 0 atom stereocenters. The Morgan fingerprint density at radius 2 is 2.12 bits per heavy atom.